The summed E-state index contributed by atoms with van der Waals surface area (Å²) in [6.07, 6.45) is 1.27. The van der Waals surface area contributed by atoms with Crippen LogP contribution in [0, 0.1) is 0 Å². The van der Waals surface area contributed by atoms with Crippen molar-refractivity contribution in [2.75, 3.05) is 11.1 Å². The number of thioether (sulfide) groups is 1. The molecule has 0 saturated carbocycles. The van der Waals surface area contributed by atoms with Crippen LogP contribution in [0.2, 0.25) is 0 Å². The van der Waals surface area contributed by atoms with E-state index in [0.29, 0.717) is 10.8 Å². The van der Waals surface area contributed by atoms with Crippen molar-refractivity contribution in [3.63, 3.8) is 0 Å². The summed E-state index contributed by atoms with van der Waals surface area (Å²) in [6.45, 7) is 1.68. The lowest BCUT2D eigenvalue weighted by Gasteiger charge is -2.11. The Bertz CT molecular complexity index is 710. The molecular formula is C13H13N5O3S. The average Bonchev–Trinajstić information content (AvgIpc) is 2.47. The number of aromatic nitrogens is 3. The van der Waals surface area contributed by atoms with Crippen molar-refractivity contribution in [2.24, 2.45) is 0 Å². The fourth-order valence-corrected chi connectivity index (χ4v) is 2.27. The van der Waals surface area contributed by atoms with E-state index in [2.05, 4.69) is 20.3 Å². The van der Waals surface area contributed by atoms with Crippen molar-refractivity contribution in [1.82, 2.24) is 15.0 Å². The molecule has 1 amide bonds. The summed E-state index contributed by atoms with van der Waals surface area (Å²) < 4.78 is 0. The predicted molar refractivity (Wildman–Crippen MR) is 81.6 cm³/mol. The number of carboxylic acid groups (broad SMARTS) is 1. The first-order valence-electron chi connectivity index (χ1n) is 6.21. The Morgan fingerprint density at radius 1 is 1.36 bits per heavy atom. The fourth-order valence-electron chi connectivity index (χ4n) is 1.54. The number of rotatable bonds is 5. The number of nitrogen functional groups attached to an aromatic ring is 1. The van der Waals surface area contributed by atoms with Crippen LogP contribution in [-0.4, -0.2) is 37.2 Å². The molecule has 1 aromatic heterocycles. The Balaban J connectivity index is 2.02. The number of nitrogens with two attached hydrogens (primary N) is 1. The van der Waals surface area contributed by atoms with Gasteiger partial charge in [0.05, 0.1) is 10.8 Å². The van der Waals surface area contributed by atoms with Gasteiger partial charge in [0.1, 0.15) is 6.33 Å². The second-order valence-corrected chi connectivity index (χ2v) is 5.57. The molecule has 0 fully saturated rings. The van der Waals surface area contributed by atoms with Crippen LogP contribution in [0.5, 0.6) is 0 Å². The highest BCUT2D eigenvalue weighted by Gasteiger charge is 2.17. The zero-order valence-electron chi connectivity index (χ0n) is 11.6. The van der Waals surface area contributed by atoms with Gasteiger partial charge in [-0.1, -0.05) is 17.8 Å². The molecule has 0 bridgehead atoms. The number of amides is 1. The van der Waals surface area contributed by atoms with Gasteiger partial charge in [0.15, 0.2) is 5.16 Å². The summed E-state index contributed by atoms with van der Waals surface area (Å²) in [7, 11) is 0. The van der Waals surface area contributed by atoms with E-state index in [4.69, 9.17) is 10.8 Å². The molecule has 22 heavy (non-hydrogen) atoms. The number of carbonyl (C=O) groups excluding carboxylic acids is 1. The van der Waals surface area contributed by atoms with Crippen molar-refractivity contribution < 1.29 is 14.7 Å². The molecule has 0 saturated heterocycles. The van der Waals surface area contributed by atoms with Gasteiger partial charge >= 0.3 is 5.97 Å². The summed E-state index contributed by atoms with van der Waals surface area (Å²) in [5.41, 5.74) is 5.96. The number of carbonyl (C=O) groups is 2. The maximum absolute atomic E-state index is 12.1. The molecule has 0 aliphatic rings. The van der Waals surface area contributed by atoms with E-state index >= 15 is 0 Å². The Kier molecular flexibility index (Phi) is 4.89. The molecule has 1 heterocycles. The van der Waals surface area contributed by atoms with Crippen LogP contribution in [0.25, 0.3) is 0 Å². The van der Waals surface area contributed by atoms with E-state index in [1.807, 2.05) is 0 Å². The zero-order valence-corrected chi connectivity index (χ0v) is 12.4. The molecule has 1 unspecified atom stereocenters. The summed E-state index contributed by atoms with van der Waals surface area (Å²) in [5, 5.41) is 11.4. The predicted octanol–water partition coefficient (Wildman–Crippen LogP) is 1.27. The van der Waals surface area contributed by atoms with Crippen LogP contribution < -0.4 is 11.1 Å². The van der Waals surface area contributed by atoms with Crippen molar-refractivity contribution >= 4 is 35.3 Å². The molecular weight excluding hydrogens is 306 g/mol. The van der Waals surface area contributed by atoms with Crippen LogP contribution >= 0.6 is 11.8 Å². The van der Waals surface area contributed by atoms with Gasteiger partial charge in [-0.25, -0.2) is 14.8 Å². The third-order valence-electron chi connectivity index (χ3n) is 2.60. The summed E-state index contributed by atoms with van der Waals surface area (Å²) in [4.78, 5) is 34.5. The van der Waals surface area contributed by atoms with Gasteiger partial charge in [0, 0.05) is 5.69 Å². The van der Waals surface area contributed by atoms with Gasteiger partial charge < -0.3 is 16.2 Å². The summed E-state index contributed by atoms with van der Waals surface area (Å²) in [6, 6.07) is 6.01. The average molecular weight is 319 g/mol. The highest BCUT2D eigenvalue weighted by atomic mass is 32.2. The molecule has 8 nitrogen and oxygen atoms in total. The van der Waals surface area contributed by atoms with Crippen LogP contribution in [-0.2, 0) is 4.79 Å². The highest BCUT2D eigenvalue weighted by molar-refractivity contribution is 8.00. The quantitative estimate of drug-likeness (QED) is 0.702. The standard InChI is InChI=1S/C13H13N5O3S/c1-7(22-13-16-6-15-12(14)18-13)10(19)17-9-4-2-3-8(5-9)11(20)21/h2-7H,1H3,(H,17,19)(H,20,21)(H2,14,15,16,18). The van der Waals surface area contributed by atoms with E-state index in [-0.39, 0.29) is 17.4 Å². The molecule has 0 spiro atoms. The molecule has 0 aliphatic heterocycles. The van der Waals surface area contributed by atoms with Crippen LogP contribution in [0.4, 0.5) is 11.6 Å². The lowest BCUT2D eigenvalue weighted by Crippen LogP contribution is -2.23. The highest BCUT2D eigenvalue weighted by Crippen LogP contribution is 2.21. The molecule has 9 heteroatoms. The van der Waals surface area contributed by atoms with Gasteiger partial charge in [-0.3, -0.25) is 4.79 Å². The number of hydrogen-bond donors (Lipinski definition) is 3. The Labute approximate surface area is 130 Å². The minimum absolute atomic E-state index is 0.0827. The number of nitrogens with zero attached hydrogens (tertiary/aromatic N) is 3. The molecule has 1 aromatic carbocycles. The van der Waals surface area contributed by atoms with Crippen molar-refractivity contribution in [2.45, 2.75) is 17.3 Å². The summed E-state index contributed by atoms with van der Waals surface area (Å²) >= 11 is 1.13. The van der Waals surface area contributed by atoms with E-state index in [0.717, 1.165) is 11.8 Å². The molecule has 0 radical (unpaired) electrons. The van der Waals surface area contributed by atoms with E-state index in [1.54, 1.807) is 19.1 Å². The van der Waals surface area contributed by atoms with Crippen molar-refractivity contribution in [3.8, 4) is 0 Å². The molecule has 4 N–H and O–H groups in total. The number of benzene rings is 1. The molecule has 0 aliphatic carbocycles. The summed E-state index contributed by atoms with van der Waals surface area (Å²) in [5.74, 6) is -1.27. The topological polar surface area (TPSA) is 131 Å². The first-order valence-corrected chi connectivity index (χ1v) is 7.09. The van der Waals surface area contributed by atoms with E-state index < -0.39 is 11.2 Å². The Hall–Kier alpha value is -2.68. The molecule has 1 atom stereocenters. The Morgan fingerprint density at radius 3 is 2.82 bits per heavy atom. The number of hydrogen-bond acceptors (Lipinski definition) is 7. The smallest absolute Gasteiger partial charge is 0.335 e. The van der Waals surface area contributed by atoms with Gasteiger partial charge in [-0.15, -0.1) is 0 Å². The van der Waals surface area contributed by atoms with E-state index in [1.165, 1.54) is 18.5 Å². The minimum Gasteiger partial charge on any atom is -0.478 e. The number of aromatic carboxylic acids is 1. The van der Waals surface area contributed by atoms with Crippen molar-refractivity contribution in [3.05, 3.63) is 36.2 Å². The third-order valence-corrected chi connectivity index (χ3v) is 3.57. The lowest BCUT2D eigenvalue weighted by molar-refractivity contribution is -0.115. The van der Waals surface area contributed by atoms with Gasteiger partial charge in [0.2, 0.25) is 11.9 Å². The van der Waals surface area contributed by atoms with Gasteiger partial charge in [-0.2, -0.15) is 4.98 Å². The molecule has 2 rings (SSSR count). The van der Waals surface area contributed by atoms with Crippen LogP contribution in [0.1, 0.15) is 17.3 Å². The fraction of sp³-hybridized carbons (Fsp3) is 0.154. The maximum atomic E-state index is 12.1. The molecule has 114 valence electrons. The first kappa shape index (κ1) is 15.7. The lowest BCUT2D eigenvalue weighted by atomic mass is 10.2. The largest absolute Gasteiger partial charge is 0.478 e. The third kappa shape index (κ3) is 4.16. The Morgan fingerprint density at radius 2 is 2.14 bits per heavy atom. The first-order chi connectivity index (χ1) is 10.5. The van der Waals surface area contributed by atoms with Crippen LogP contribution in [0.15, 0.2) is 35.7 Å². The van der Waals surface area contributed by atoms with Gasteiger partial charge in [-0.05, 0) is 25.1 Å². The normalized spacial score (nSPS) is 11.7. The van der Waals surface area contributed by atoms with Gasteiger partial charge in [0.25, 0.3) is 0 Å². The zero-order chi connectivity index (χ0) is 16.1. The monoisotopic (exact) mass is 319 g/mol. The second kappa shape index (κ2) is 6.85. The number of carboxylic acids is 1. The SMILES string of the molecule is CC(Sc1ncnc(N)n1)C(=O)Nc1cccc(C(=O)O)c1. The second-order valence-electron chi connectivity index (χ2n) is 4.26. The van der Waals surface area contributed by atoms with Crippen LogP contribution in [0.3, 0.4) is 0 Å². The number of nitrogens with one attached hydrogen (secondary N) is 1. The minimum atomic E-state index is -1.06. The maximum Gasteiger partial charge on any atom is 0.335 e. The van der Waals surface area contributed by atoms with E-state index in [9.17, 15) is 9.59 Å². The molecule has 2 aromatic rings. The van der Waals surface area contributed by atoms with Crippen molar-refractivity contribution in [1.29, 1.82) is 0 Å². The number of anilines is 2.